The van der Waals surface area contributed by atoms with Gasteiger partial charge in [0.05, 0.1) is 5.37 Å². The fraction of sp³-hybridized carbons (Fsp3) is 0.867. The van der Waals surface area contributed by atoms with E-state index in [9.17, 15) is 14.7 Å². The van der Waals surface area contributed by atoms with Crippen LogP contribution < -0.4 is 5.32 Å². The van der Waals surface area contributed by atoms with Gasteiger partial charge in [0.2, 0.25) is 0 Å². The molecule has 0 aromatic rings. The number of thioether (sulfide) groups is 1. The van der Waals surface area contributed by atoms with E-state index in [0.717, 1.165) is 12.8 Å². The lowest BCUT2D eigenvalue weighted by Gasteiger charge is -2.31. The zero-order valence-corrected chi connectivity index (χ0v) is 14.4. The van der Waals surface area contributed by atoms with Gasteiger partial charge in [-0.25, -0.2) is 9.59 Å². The van der Waals surface area contributed by atoms with Crippen molar-refractivity contribution < 1.29 is 14.7 Å². The predicted octanol–water partition coefficient (Wildman–Crippen LogP) is 3.00. The van der Waals surface area contributed by atoms with E-state index in [1.54, 1.807) is 11.8 Å². The molecule has 0 aromatic carbocycles. The third-order valence-corrected chi connectivity index (χ3v) is 5.57. The van der Waals surface area contributed by atoms with Crippen LogP contribution in [0.4, 0.5) is 4.79 Å². The Morgan fingerprint density at radius 3 is 2.43 bits per heavy atom. The highest BCUT2D eigenvalue weighted by atomic mass is 32.2. The Balaban J connectivity index is 2.73. The van der Waals surface area contributed by atoms with Crippen LogP contribution in [0.2, 0.25) is 0 Å². The molecule has 1 aliphatic rings. The first-order valence-corrected chi connectivity index (χ1v) is 8.76. The molecular weight excluding hydrogens is 288 g/mol. The number of nitrogens with one attached hydrogen (secondary N) is 1. The second-order valence-corrected chi connectivity index (χ2v) is 7.48. The van der Waals surface area contributed by atoms with Gasteiger partial charge in [0.15, 0.2) is 0 Å². The minimum atomic E-state index is -0.921. The monoisotopic (exact) mass is 316 g/mol. The minimum absolute atomic E-state index is 0.0558. The summed E-state index contributed by atoms with van der Waals surface area (Å²) >= 11 is 1.55. The second kappa shape index (κ2) is 7.92. The van der Waals surface area contributed by atoms with Crippen molar-refractivity contribution in [1.29, 1.82) is 0 Å². The largest absolute Gasteiger partial charge is 0.480 e. The van der Waals surface area contributed by atoms with E-state index in [4.69, 9.17) is 0 Å². The number of carboxylic acids is 1. The zero-order chi connectivity index (χ0) is 16.2. The van der Waals surface area contributed by atoms with Crippen LogP contribution in [0.15, 0.2) is 0 Å². The smallest absolute Gasteiger partial charge is 0.327 e. The molecular formula is C15H28N2O3S. The van der Waals surface area contributed by atoms with Crippen molar-refractivity contribution >= 4 is 23.8 Å². The Morgan fingerprint density at radius 1 is 1.33 bits per heavy atom. The van der Waals surface area contributed by atoms with Crippen LogP contribution in [-0.2, 0) is 4.79 Å². The van der Waals surface area contributed by atoms with Crippen LogP contribution in [0, 0.1) is 11.8 Å². The average Bonchev–Trinajstić information content (AvgIpc) is 2.83. The first-order valence-electron chi connectivity index (χ1n) is 7.71. The number of hydrogen-bond acceptors (Lipinski definition) is 3. The van der Waals surface area contributed by atoms with Crippen LogP contribution in [-0.4, -0.2) is 45.2 Å². The lowest BCUT2D eigenvalue weighted by Crippen LogP contribution is -2.53. The summed E-state index contributed by atoms with van der Waals surface area (Å²) in [5.74, 6) is 0.320. The summed E-state index contributed by atoms with van der Waals surface area (Å²) in [4.78, 5) is 25.4. The van der Waals surface area contributed by atoms with Crippen molar-refractivity contribution in [3.8, 4) is 0 Å². The molecule has 1 fully saturated rings. The van der Waals surface area contributed by atoms with Crippen LogP contribution >= 0.6 is 11.8 Å². The first kappa shape index (κ1) is 18.1. The van der Waals surface area contributed by atoms with Crippen molar-refractivity contribution in [2.24, 2.45) is 11.8 Å². The van der Waals surface area contributed by atoms with E-state index in [0.29, 0.717) is 11.7 Å². The molecule has 122 valence electrons. The lowest BCUT2D eigenvalue weighted by atomic mass is 10.0. The van der Waals surface area contributed by atoms with Crippen molar-refractivity contribution in [2.75, 3.05) is 5.75 Å². The Hall–Kier alpha value is -0.910. The number of hydrogen-bond donors (Lipinski definition) is 2. The molecule has 1 aliphatic heterocycles. The molecule has 1 rings (SSSR count). The highest BCUT2D eigenvalue weighted by molar-refractivity contribution is 8.00. The minimum Gasteiger partial charge on any atom is -0.480 e. The van der Waals surface area contributed by atoms with Gasteiger partial charge in [-0.1, -0.05) is 34.1 Å². The number of carbonyl (C=O) groups excluding carboxylic acids is 1. The number of carboxylic acid groups (broad SMARTS) is 1. The first-order chi connectivity index (χ1) is 9.77. The highest BCUT2D eigenvalue weighted by Gasteiger charge is 2.43. The molecule has 0 aromatic heterocycles. The van der Waals surface area contributed by atoms with Crippen LogP contribution in [0.1, 0.15) is 47.5 Å². The molecule has 6 heteroatoms. The molecule has 0 radical (unpaired) electrons. The zero-order valence-electron chi connectivity index (χ0n) is 13.6. The van der Waals surface area contributed by atoms with Crippen LogP contribution in [0.3, 0.4) is 0 Å². The highest BCUT2D eigenvalue weighted by Crippen LogP contribution is 2.34. The molecule has 0 aliphatic carbocycles. The van der Waals surface area contributed by atoms with Crippen LogP contribution in [0.5, 0.6) is 0 Å². The lowest BCUT2D eigenvalue weighted by molar-refractivity contribution is -0.141. The third-order valence-electron chi connectivity index (χ3n) is 3.95. The van der Waals surface area contributed by atoms with Gasteiger partial charge < -0.3 is 10.4 Å². The molecule has 1 saturated heterocycles. The van der Waals surface area contributed by atoms with Gasteiger partial charge >= 0.3 is 12.0 Å². The average molecular weight is 316 g/mol. The van der Waals surface area contributed by atoms with E-state index < -0.39 is 12.0 Å². The van der Waals surface area contributed by atoms with Gasteiger partial charge in [0.25, 0.3) is 0 Å². The third kappa shape index (κ3) is 4.80. The van der Waals surface area contributed by atoms with Crippen molar-refractivity contribution in [2.45, 2.75) is 64.9 Å². The summed E-state index contributed by atoms with van der Waals surface area (Å²) in [5, 5.41) is 12.2. The van der Waals surface area contributed by atoms with E-state index in [2.05, 4.69) is 19.2 Å². The van der Waals surface area contributed by atoms with Gasteiger partial charge in [-0.15, -0.1) is 11.8 Å². The van der Waals surface area contributed by atoms with Crippen molar-refractivity contribution in [3.05, 3.63) is 0 Å². The van der Waals surface area contributed by atoms with E-state index in [1.807, 2.05) is 20.8 Å². The molecule has 21 heavy (non-hydrogen) atoms. The maximum atomic E-state index is 12.5. The molecule has 0 bridgehead atoms. The molecule has 5 nitrogen and oxygen atoms in total. The molecule has 2 N–H and O–H groups in total. The van der Waals surface area contributed by atoms with E-state index in [-0.39, 0.29) is 23.4 Å². The second-order valence-electron chi connectivity index (χ2n) is 6.33. The van der Waals surface area contributed by atoms with Gasteiger partial charge in [-0.3, -0.25) is 4.90 Å². The number of nitrogens with zero attached hydrogens (tertiary/aromatic N) is 1. The Morgan fingerprint density at radius 2 is 1.95 bits per heavy atom. The number of carbonyl (C=O) groups is 2. The van der Waals surface area contributed by atoms with Gasteiger partial charge in [-0.05, 0) is 25.2 Å². The maximum Gasteiger partial charge on any atom is 0.327 e. The Kier molecular flexibility index (Phi) is 6.84. The molecule has 1 heterocycles. The quantitative estimate of drug-likeness (QED) is 0.790. The summed E-state index contributed by atoms with van der Waals surface area (Å²) in [6.07, 6.45) is 1.99. The molecule has 4 unspecified atom stereocenters. The number of rotatable bonds is 6. The summed E-state index contributed by atoms with van der Waals surface area (Å²) < 4.78 is 0. The fourth-order valence-electron chi connectivity index (χ4n) is 2.60. The number of amides is 2. The summed E-state index contributed by atoms with van der Waals surface area (Å²) in [5.41, 5.74) is 0. The predicted molar refractivity (Wildman–Crippen MR) is 86.4 cm³/mol. The van der Waals surface area contributed by atoms with Gasteiger partial charge in [0, 0.05) is 11.8 Å². The Labute approximate surface area is 131 Å². The molecule has 0 spiro atoms. The van der Waals surface area contributed by atoms with Crippen molar-refractivity contribution in [3.63, 3.8) is 0 Å². The van der Waals surface area contributed by atoms with Gasteiger partial charge in [-0.2, -0.15) is 0 Å². The topological polar surface area (TPSA) is 69.6 Å². The standard InChI is InChI=1S/C15H28N2O3S/c1-6-10(4)7-11(5)16-15(20)17-12(14(18)19)8-21-13(17)9(2)3/h9-13H,6-8H2,1-5H3,(H,16,20)(H,18,19). The molecule has 0 saturated carbocycles. The van der Waals surface area contributed by atoms with E-state index in [1.165, 1.54) is 4.90 Å². The number of urea groups is 1. The molecule has 4 atom stereocenters. The van der Waals surface area contributed by atoms with E-state index >= 15 is 0 Å². The van der Waals surface area contributed by atoms with Gasteiger partial charge in [0.1, 0.15) is 6.04 Å². The SMILES string of the molecule is CCC(C)CC(C)NC(=O)N1C(C(=O)O)CSC1C(C)C. The maximum absolute atomic E-state index is 12.5. The van der Waals surface area contributed by atoms with Crippen molar-refractivity contribution in [1.82, 2.24) is 10.2 Å². The van der Waals surface area contributed by atoms with Crippen LogP contribution in [0.25, 0.3) is 0 Å². The fourth-order valence-corrected chi connectivity index (χ4v) is 4.07. The summed E-state index contributed by atoms with van der Waals surface area (Å²) in [7, 11) is 0. The molecule has 2 amide bonds. The summed E-state index contributed by atoms with van der Waals surface area (Å²) in [6, 6.07) is -0.916. The summed E-state index contributed by atoms with van der Waals surface area (Å²) in [6.45, 7) is 10.3. The number of aliphatic carboxylic acids is 1. The Bertz CT molecular complexity index is 376. The normalized spacial score (nSPS) is 25.0.